The highest BCUT2D eigenvalue weighted by Gasteiger charge is 2.58. The first-order valence-electron chi connectivity index (χ1n) is 7.14. The van der Waals surface area contributed by atoms with E-state index in [0.29, 0.717) is 6.54 Å². The first-order valence-corrected chi connectivity index (χ1v) is 7.14. The molecule has 1 aliphatic carbocycles. The van der Waals surface area contributed by atoms with Crippen molar-refractivity contribution in [3.63, 3.8) is 0 Å². The highest BCUT2D eigenvalue weighted by atomic mass is 16.4. The molecule has 20 heavy (non-hydrogen) atoms. The molecule has 1 aliphatic heterocycles. The summed E-state index contributed by atoms with van der Waals surface area (Å²) in [5.41, 5.74) is 0.792. The topological polar surface area (TPSA) is 57.6 Å². The summed E-state index contributed by atoms with van der Waals surface area (Å²) in [7, 11) is 0. The third-order valence-corrected chi connectivity index (χ3v) is 4.80. The Morgan fingerprint density at radius 1 is 1.20 bits per heavy atom. The molecule has 1 atom stereocenters. The predicted octanol–water partition coefficient (Wildman–Crippen LogP) is 2.06. The van der Waals surface area contributed by atoms with Crippen LogP contribution in [0, 0.1) is 11.3 Å². The van der Waals surface area contributed by atoms with Crippen molar-refractivity contribution in [2.24, 2.45) is 11.3 Å². The Balaban J connectivity index is 1.53. The van der Waals surface area contributed by atoms with E-state index < -0.39 is 5.97 Å². The Morgan fingerprint density at radius 2 is 1.85 bits per heavy atom. The number of aliphatic carboxylic acids is 1. The van der Waals surface area contributed by atoms with Gasteiger partial charge < -0.3 is 5.11 Å². The fourth-order valence-corrected chi connectivity index (χ4v) is 3.32. The number of likely N-dealkylation sites (tertiary alicyclic amines) is 1. The van der Waals surface area contributed by atoms with Crippen LogP contribution in [0.2, 0.25) is 0 Å². The van der Waals surface area contributed by atoms with E-state index in [-0.39, 0.29) is 17.1 Å². The number of benzene rings is 1. The van der Waals surface area contributed by atoms with Crippen molar-refractivity contribution >= 4 is 11.8 Å². The molecule has 0 radical (unpaired) electrons. The summed E-state index contributed by atoms with van der Waals surface area (Å²) in [6.07, 6.45) is 2.64. The highest BCUT2D eigenvalue weighted by molar-refractivity contribution is 5.97. The number of ketones is 1. The summed E-state index contributed by atoms with van der Waals surface area (Å²) in [4.78, 5) is 25.3. The number of carboxylic acid groups (broad SMARTS) is 1. The van der Waals surface area contributed by atoms with Crippen molar-refractivity contribution in [2.75, 3.05) is 19.6 Å². The molecular formula is C16H19NO3. The number of hydrogen-bond acceptors (Lipinski definition) is 3. The fourth-order valence-electron chi connectivity index (χ4n) is 3.32. The van der Waals surface area contributed by atoms with Gasteiger partial charge in [-0.25, -0.2) is 0 Å². The number of carbonyl (C=O) groups is 2. The average Bonchev–Trinajstić information content (AvgIpc) is 3.17. The van der Waals surface area contributed by atoms with Crippen LogP contribution in [0.4, 0.5) is 0 Å². The molecule has 1 saturated carbocycles. The molecule has 4 heteroatoms. The summed E-state index contributed by atoms with van der Waals surface area (Å²) in [5.74, 6) is -0.652. The van der Waals surface area contributed by atoms with E-state index in [0.717, 1.165) is 37.9 Å². The predicted molar refractivity (Wildman–Crippen MR) is 74.6 cm³/mol. The minimum absolute atomic E-state index is 0.0398. The average molecular weight is 273 g/mol. The van der Waals surface area contributed by atoms with Gasteiger partial charge in [-0.1, -0.05) is 30.3 Å². The van der Waals surface area contributed by atoms with Crippen LogP contribution in [0.15, 0.2) is 30.3 Å². The number of carboxylic acids is 1. The Bertz CT molecular complexity index is 518. The van der Waals surface area contributed by atoms with Crippen molar-refractivity contribution in [1.29, 1.82) is 0 Å². The van der Waals surface area contributed by atoms with E-state index >= 15 is 0 Å². The van der Waals surface area contributed by atoms with E-state index in [1.54, 1.807) is 0 Å². The quantitative estimate of drug-likeness (QED) is 0.853. The van der Waals surface area contributed by atoms with Crippen LogP contribution in [0.3, 0.4) is 0 Å². The summed E-state index contributed by atoms with van der Waals surface area (Å²) >= 11 is 0. The molecule has 1 aromatic carbocycles. The van der Waals surface area contributed by atoms with Crippen LogP contribution < -0.4 is 0 Å². The number of nitrogens with zero attached hydrogens (tertiary/aromatic N) is 1. The lowest BCUT2D eigenvalue weighted by molar-refractivity contribution is -0.139. The third kappa shape index (κ3) is 2.48. The van der Waals surface area contributed by atoms with Gasteiger partial charge in [0.25, 0.3) is 0 Å². The smallest absolute Gasteiger partial charge is 0.307 e. The van der Waals surface area contributed by atoms with E-state index in [9.17, 15) is 9.59 Å². The van der Waals surface area contributed by atoms with E-state index in [4.69, 9.17) is 5.11 Å². The number of piperidine rings is 1. The molecule has 1 aromatic rings. The molecule has 0 bridgehead atoms. The SMILES string of the molecule is O=C(CN1CCC2(CC1)CC2C(=O)O)c1ccccc1. The maximum absolute atomic E-state index is 12.1. The van der Waals surface area contributed by atoms with Crippen LogP contribution in [-0.4, -0.2) is 41.4 Å². The minimum Gasteiger partial charge on any atom is -0.481 e. The zero-order chi connectivity index (χ0) is 14.2. The second-order valence-corrected chi connectivity index (χ2v) is 6.02. The molecule has 2 aliphatic rings. The first kappa shape index (κ1) is 13.3. The number of carbonyl (C=O) groups excluding carboxylic acids is 1. The second-order valence-electron chi connectivity index (χ2n) is 6.02. The fraction of sp³-hybridized carbons (Fsp3) is 0.500. The number of rotatable bonds is 4. The van der Waals surface area contributed by atoms with Gasteiger partial charge >= 0.3 is 5.97 Å². The third-order valence-electron chi connectivity index (χ3n) is 4.80. The van der Waals surface area contributed by atoms with Gasteiger partial charge in [0.1, 0.15) is 0 Å². The van der Waals surface area contributed by atoms with Crippen LogP contribution in [0.25, 0.3) is 0 Å². The molecule has 106 valence electrons. The lowest BCUT2D eigenvalue weighted by atomic mass is 9.90. The Kier molecular flexibility index (Phi) is 3.34. The Hall–Kier alpha value is -1.68. The Labute approximate surface area is 118 Å². The van der Waals surface area contributed by atoms with Gasteiger partial charge in [-0.2, -0.15) is 0 Å². The summed E-state index contributed by atoms with van der Waals surface area (Å²) < 4.78 is 0. The van der Waals surface area contributed by atoms with Crippen LogP contribution >= 0.6 is 0 Å². The number of hydrogen-bond donors (Lipinski definition) is 1. The van der Waals surface area contributed by atoms with Gasteiger partial charge in [0.15, 0.2) is 5.78 Å². The van der Waals surface area contributed by atoms with E-state index in [1.165, 1.54) is 0 Å². The van der Waals surface area contributed by atoms with Crippen LogP contribution in [0.5, 0.6) is 0 Å². The van der Waals surface area contributed by atoms with Gasteiger partial charge in [-0.15, -0.1) is 0 Å². The van der Waals surface area contributed by atoms with Crippen molar-refractivity contribution in [3.8, 4) is 0 Å². The van der Waals surface area contributed by atoms with Crippen molar-refractivity contribution < 1.29 is 14.7 Å². The van der Waals surface area contributed by atoms with Crippen molar-refractivity contribution in [3.05, 3.63) is 35.9 Å². The van der Waals surface area contributed by atoms with Gasteiger partial charge in [-0.05, 0) is 37.8 Å². The molecule has 1 heterocycles. The molecule has 1 saturated heterocycles. The standard InChI is InChI=1S/C16H19NO3/c18-14(12-4-2-1-3-5-12)11-17-8-6-16(7-9-17)10-13(16)15(19)20/h1-5,13H,6-11H2,(H,19,20). The largest absolute Gasteiger partial charge is 0.481 e. The lowest BCUT2D eigenvalue weighted by Crippen LogP contribution is -2.38. The second kappa shape index (κ2) is 5.02. The normalized spacial score (nSPS) is 24.5. The van der Waals surface area contributed by atoms with Gasteiger partial charge in [0.2, 0.25) is 0 Å². The first-order chi connectivity index (χ1) is 9.61. The van der Waals surface area contributed by atoms with E-state index in [1.807, 2.05) is 30.3 Å². The van der Waals surface area contributed by atoms with Crippen LogP contribution in [-0.2, 0) is 4.79 Å². The Morgan fingerprint density at radius 3 is 2.40 bits per heavy atom. The monoisotopic (exact) mass is 273 g/mol. The summed E-state index contributed by atoms with van der Waals surface area (Å²) in [5, 5.41) is 9.06. The molecular weight excluding hydrogens is 254 g/mol. The minimum atomic E-state index is -0.654. The summed E-state index contributed by atoms with van der Waals surface area (Å²) in [6, 6.07) is 9.34. The molecule has 0 aromatic heterocycles. The van der Waals surface area contributed by atoms with E-state index in [2.05, 4.69) is 4.90 Å². The molecule has 0 amide bonds. The molecule has 1 spiro atoms. The van der Waals surface area contributed by atoms with Gasteiger partial charge in [0, 0.05) is 5.56 Å². The van der Waals surface area contributed by atoms with Crippen LogP contribution in [0.1, 0.15) is 29.6 Å². The molecule has 1 unspecified atom stereocenters. The highest BCUT2D eigenvalue weighted by Crippen LogP contribution is 2.59. The van der Waals surface area contributed by atoms with Gasteiger partial charge in [-0.3, -0.25) is 14.5 Å². The maximum atomic E-state index is 12.1. The summed E-state index contributed by atoms with van der Waals surface area (Å²) in [6.45, 7) is 2.11. The molecule has 1 N–H and O–H groups in total. The zero-order valence-electron chi connectivity index (χ0n) is 11.4. The molecule has 4 nitrogen and oxygen atoms in total. The van der Waals surface area contributed by atoms with Crippen molar-refractivity contribution in [1.82, 2.24) is 4.90 Å². The zero-order valence-corrected chi connectivity index (χ0v) is 11.4. The number of Topliss-reactive ketones (excluding diaryl/α,β-unsaturated/α-hetero) is 1. The molecule has 3 rings (SSSR count). The maximum Gasteiger partial charge on any atom is 0.307 e. The van der Waals surface area contributed by atoms with Gasteiger partial charge in [0.05, 0.1) is 12.5 Å². The van der Waals surface area contributed by atoms with Crippen molar-refractivity contribution in [2.45, 2.75) is 19.3 Å². The lowest BCUT2D eigenvalue weighted by Gasteiger charge is -2.32. The molecule has 2 fully saturated rings.